The minimum atomic E-state index is 0.217. The van der Waals surface area contributed by atoms with E-state index in [4.69, 9.17) is 0 Å². The summed E-state index contributed by atoms with van der Waals surface area (Å²) in [5.41, 5.74) is 1.64. The van der Waals surface area contributed by atoms with E-state index in [1.54, 1.807) is 0 Å². The van der Waals surface area contributed by atoms with Crippen LogP contribution in [0.4, 0.5) is 0 Å². The summed E-state index contributed by atoms with van der Waals surface area (Å²) in [5, 5.41) is 3.67. The Kier molecular flexibility index (Phi) is 4.90. The lowest BCUT2D eigenvalue weighted by Crippen LogP contribution is -2.62. The lowest BCUT2D eigenvalue weighted by molar-refractivity contribution is 0.0627. The van der Waals surface area contributed by atoms with Crippen LogP contribution in [0.5, 0.6) is 0 Å². The van der Waals surface area contributed by atoms with Gasteiger partial charge in [-0.1, -0.05) is 26.0 Å². The molecule has 1 aliphatic heterocycles. The van der Waals surface area contributed by atoms with Gasteiger partial charge in [-0.2, -0.15) is 0 Å². The molecule has 1 N–H and O–H groups in total. The Bertz CT molecular complexity index is 411. The van der Waals surface area contributed by atoms with Crippen molar-refractivity contribution in [2.24, 2.45) is 5.92 Å². The number of rotatable bonds is 3. The van der Waals surface area contributed by atoms with Gasteiger partial charge in [0.15, 0.2) is 0 Å². The summed E-state index contributed by atoms with van der Waals surface area (Å²) in [6.07, 6.45) is 0. The molecule has 1 heterocycles. The Hall–Kier alpha value is -0.130. The topological polar surface area (TPSA) is 15.3 Å². The van der Waals surface area contributed by atoms with Crippen LogP contribution in [0.2, 0.25) is 0 Å². The summed E-state index contributed by atoms with van der Waals surface area (Å²) in [5.74, 6) is 0.687. The number of nitrogens with zero attached hydrogens (tertiary/aromatic N) is 1. The first-order valence-corrected chi connectivity index (χ1v) is 8.19. The average Bonchev–Trinajstić information content (AvgIpc) is 2.30. The summed E-state index contributed by atoms with van der Waals surface area (Å²) < 4.78 is 1.31. The highest BCUT2D eigenvalue weighted by molar-refractivity contribution is 14.1. The smallest absolute Gasteiger partial charge is 0.0253 e. The first-order valence-electron chi connectivity index (χ1n) is 7.11. The second kappa shape index (κ2) is 6.10. The lowest BCUT2D eigenvalue weighted by Gasteiger charge is -2.46. The van der Waals surface area contributed by atoms with Crippen molar-refractivity contribution in [1.29, 1.82) is 0 Å². The second-order valence-corrected chi connectivity index (χ2v) is 7.85. The molecule has 0 amide bonds. The maximum Gasteiger partial charge on any atom is 0.0253 e. The van der Waals surface area contributed by atoms with Crippen LogP contribution in [0.3, 0.4) is 0 Å². The van der Waals surface area contributed by atoms with Gasteiger partial charge < -0.3 is 5.32 Å². The van der Waals surface area contributed by atoms with Crippen molar-refractivity contribution in [3.63, 3.8) is 0 Å². The summed E-state index contributed by atoms with van der Waals surface area (Å²) in [6, 6.07) is 9.55. The van der Waals surface area contributed by atoms with Gasteiger partial charge >= 0.3 is 0 Å². The van der Waals surface area contributed by atoms with Gasteiger partial charge in [-0.3, -0.25) is 4.90 Å². The van der Waals surface area contributed by atoms with Gasteiger partial charge in [0, 0.05) is 34.8 Å². The molecule has 0 radical (unpaired) electrons. The van der Waals surface area contributed by atoms with Crippen molar-refractivity contribution in [3.05, 3.63) is 33.4 Å². The minimum absolute atomic E-state index is 0.217. The SMILES string of the molecule is CC(C)C1CNC(C)(C)CN1Cc1ccc(I)cc1. The van der Waals surface area contributed by atoms with Gasteiger partial charge in [-0.05, 0) is 60.1 Å². The molecule has 19 heavy (non-hydrogen) atoms. The maximum atomic E-state index is 3.67. The van der Waals surface area contributed by atoms with Crippen molar-refractivity contribution in [2.45, 2.75) is 45.8 Å². The molecule has 1 fully saturated rings. The summed E-state index contributed by atoms with van der Waals surface area (Å²) >= 11 is 2.36. The van der Waals surface area contributed by atoms with Crippen molar-refractivity contribution in [1.82, 2.24) is 10.2 Å². The number of nitrogens with one attached hydrogen (secondary N) is 1. The monoisotopic (exact) mass is 372 g/mol. The fourth-order valence-electron chi connectivity index (χ4n) is 2.85. The van der Waals surface area contributed by atoms with E-state index in [0.29, 0.717) is 12.0 Å². The van der Waals surface area contributed by atoms with Crippen molar-refractivity contribution in [3.8, 4) is 0 Å². The maximum absolute atomic E-state index is 3.67. The molecule has 1 saturated heterocycles. The third-order valence-electron chi connectivity index (χ3n) is 3.93. The molecule has 1 atom stereocenters. The van der Waals surface area contributed by atoms with Crippen LogP contribution in [0.1, 0.15) is 33.3 Å². The van der Waals surface area contributed by atoms with E-state index < -0.39 is 0 Å². The van der Waals surface area contributed by atoms with E-state index in [1.807, 2.05) is 0 Å². The van der Waals surface area contributed by atoms with E-state index in [0.717, 1.165) is 19.6 Å². The van der Waals surface area contributed by atoms with Crippen molar-refractivity contribution >= 4 is 22.6 Å². The Labute approximate surface area is 131 Å². The molecule has 1 aromatic carbocycles. The van der Waals surface area contributed by atoms with Crippen molar-refractivity contribution in [2.75, 3.05) is 13.1 Å². The largest absolute Gasteiger partial charge is 0.309 e. The summed E-state index contributed by atoms with van der Waals surface area (Å²) in [6.45, 7) is 12.5. The molecule has 2 rings (SSSR count). The highest BCUT2D eigenvalue weighted by Gasteiger charge is 2.33. The predicted molar refractivity (Wildman–Crippen MR) is 90.3 cm³/mol. The van der Waals surface area contributed by atoms with Crippen LogP contribution in [-0.2, 0) is 6.54 Å². The molecule has 1 unspecified atom stereocenters. The molecule has 0 aromatic heterocycles. The van der Waals surface area contributed by atoms with Crippen LogP contribution in [0, 0.1) is 9.49 Å². The van der Waals surface area contributed by atoms with Crippen LogP contribution < -0.4 is 5.32 Å². The summed E-state index contributed by atoms with van der Waals surface area (Å²) in [4.78, 5) is 2.64. The molecule has 1 aromatic rings. The van der Waals surface area contributed by atoms with Crippen molar-refractivity contribution < 1.29 is 0 Å². The molecule has 0 spiro atoms. The molecule has 3 heteroatoms. The average molecular weight is 372 g/mol. The first-order chi connectivity index (χ1) is 8.87. The number of hydrogen-bond acceptors (Lipinski definition) is 2. The van der Waals surface area contributed by atoms with E-state index in [2.05, 4.69) is 84.8 Å². The number of benzene rings is 1. The highest BCUT2D eigenvalue weighted by Crippen LogP contribution is 2.22. The predicted octanol–water partition coefficient (Wildman–Crippen LogP) is 3.50. The van der Waals surface area contributed by atoms with E-state index in [9.17, 15) is 0 Å². The quantitative estimate of drug-likeness (QED) is 0.818. The molecular formula is C16H25IN2. The lowest BCUT2D eigenvalue weighted by atomic mass is 9.92. The van der Waals surface area contributed by atoms with E-state index >= 15 is 0 Å². The molecule has 0 saturated carbocycles. The van der Waals surface area contributed by atoms with Gasteiger partial charge in [0.05, 0.1) is 0 Å². The van der Waals surface area contributed by atoms with E-state index in [1.165, 1.54) is 9.13 Å². The van der Waals surface area contributed by atoms with Gasteiger partial charge in [-0.15, -0.1) is 0 Å². The molecule has 106 valence electrons. The molecule has 0 bridgehead atoms. The number of halogens is 1. The highest BCUT2D eigenvalue weighted by atomic mass is 127. The normalized spacial score (nSPS) is 23.8. The molecule has 1 aliphatic rings. The van der Waals surface area contributed by atoms with Gasteiger partial charge in [0.2, 0.25) is 0 Å². The number of hydrogen-bond donors (Lipinski definition) is 1. The van der Waals surface area contributed by atoms with E-state index in [-0.39, 0.29) is 5.54 Å². The van der Waals surface area contributed by atoms with Gasteiger partial charge in [0.25, 0.3) is 0 Å². The Morgan fingerprint density at radius 3 is 2.53 bits per heavy atom. The zero-order valence-electron chi connectivity index (χ0n) is 12.4. The fourth-order valence-corrected chi connectivity index (χ4v) is 3.21. The fraction of sp³-hybridized carbons (Fsp3) is 0.625. The van der Waals surface area contributed by atoms with Crippen LogP contribution in [0.25, 0.3) is 0 Å². The molecular weight excluding hydrogens is 347 g/mol. The van der Waals surface area contributed by atoms with Gasteiger partial charge in [0.1, 0.15) is 0 Å². The van der Waals surface area contributed by atoms with Crippen LogP contribution in [0.15, 0.2) is 24.3 Å². The molecule has 0 aliphatic carbocycles. The third kappa shape index (κ3) is 4.17. The third-order valence-corrected chi connectivity index (χ3v) is 4.64. The second-order valence-electron chi connectivity index (χ2n) is 6.61. The first kappa shape index (κ1) is 15.3. The summed E-state index contributed by atoms with van der Waals surface area (Å²) in [7, 11) is 0. The zero-order valence-corrected chi connectivity index (χ0v) is 14.6. The van der Waals surface area contributed by atoms with Gasteiger partial charge in [-0.25, -0.2) is 0 Å². The van der Waals surface area contributed by atoms with Crippen LogP contribution in [-0.4, -0.2) is 29.6 Å². The Morgan fingerprint density at radius 2 is 1.95 bits per heavy atom. The number of piperazine rings is 1. The Morgan fingerprint density at radius 1 is 1.32 bits per heavy atom. The molecule has 2 nitrogen and oxygen atoms in total. The zero-order chi connectivity index (χ0) is 14.0. The standard InChI is InChI=1S/C16H25IN2/c1-12(2)15-9-18-16(3,4)11-19(15)10-13-5-7-14(17)8-6-13/h5-8,12,15,18H,9-11H2,1-4H3. The minimum Gasteiger partial charge on any atom is -0.309 e. The Balaban J connectivity index is 2.11. The van der Waals surface area contributed by atoms with Crippen LogP contribution >= 0.6 is 22.6 Å².